The van der Waals surface area contributed by atoms with Gasteiger partial charge in [-0.25, -0.2) is 4.39 Å². The van der Waals surface area contributed by atoms with Crippen LogP contribution in [-0.2, 0) is 0 Å². The summed E-state index contributed by atoms with van der Waals surface area (Å²) in [6.07, 6.45) is 4.51. The monoisotopic (exact) mass is 238 g/mol. The number of anilines is 2. The average Bonchev–Trinajstić information content (AvgIpc) is 2.80. The molecule has 0 radical (unpaired) electrons. The van der Waals surface area contributed by atoms with Gasteiger partial charge in [0.1, 0.15) is 5.82 Å². The third-order valence-electron chi connectivity index (χ3n) is 3.39. The van der Waals surface area contributed by atoms with E-state index in [2.05, 4.69) is 0 Å². The molecule has 0 spiro atoms. The minimum Gasteiger partial charge on any atom is -0.399 e. The van der Waals surface area contributed by atoms with Gasteiger partial charge in [0.25, 0.3) is 0 Å². The average molecular weight is 238 g/mol. The SMILES string of the molecule is Nc1ccc(N(CCO)C2CCCC2)c(F)c1. The minimum atomic E-state index is -0.301. The fourth-order valence-electron chi connectivity index (χ4n) is 2.58. The lowest BCUT2D eigenvalue weighted by Gasteiger charge is -2.30. The molecule has 0 bridgehead atoms. The number of hydrogen-bond donors (Lipinski definition) is 2. The third kappa shape index (κ3) is 2.69. The Morgan fingerprint density at radius 1 is 1.35 bits per heavy atom. The molecule has 0 aromatic heterocycles. The smallest absolute Gasteiger partial charge is 0.148 e. The van der Waals surface area contributed by atoms with Crippen molar-refractivity contribution < 1.29 is 9.50 Å². The van der Waals surface area contributed by atoms with Crippen molar-refractivity contribution in [2.75, 3.05) is 23.8 Å². The molecule has 17 heavy (non-hydrogen) atoms. The molecule has 94 valence electrons. The van der Waals surface area contributed by atoms with Crippen LogP contribution in [-0.4, -0.2) is 24.3 Å². The number of rotatable bonds is 4. The molecule has 0 aliphatic heterocycles. The molecule has 1 saturated carbocycles. The number of halogens is 1. The van der Waals surface area contributed by atoms with E-state index in [0.29, 0.717) is 24.0 Å². The lowest BCUT2D eigenvalue weighted by atomic mass is 10.1. The van der Waals surface area contributed by atoms with Crippen molar-refractivity contribution in [1.29, 1.82) is 0 Å². The van der Waals surface area contributed by atoms with Crippen molar-refractivity contribution in [3.05, 3.63) is 24.0 Å². The summed E-state index contributed by atoms with van der Waals surface area (Å²) in [4.78, 5) is 1.97. The van der Waals surface area contributed by atoms with E-state index in [1.165, 1.54) is 18.9 Å². The number of hydrogen-bond acceptors (Lipinski definition) is 3. The first-order valence-electron chi connectivity index (χ1n) is 6.15. The van der Waals surface area contributed by atoms with Crippen molar-refractivity contribution in [2.24, 2.45) is 0 Å². The summed E-state index contributed by atoms with van der Waals surface area (Å²) < 4.78 is 13.9. The highest BCUT2D eigenvalue weighted by Gasteiger charge is 2.24. The largest absolute Gasteiger partial charge is 0.399 e. The number of nitrogen functional groups attached to an aromatic ring is 1. The summed E-state index contributed by atoms with van der Waals surface area (Å²) in [5.74, 6) is -0.301. The van der Waals surface area contributed by atoms with Gasteiger partial charge in [-0.2, -0.15) is 0 Å². The van der Waals surface area contributed by atoms with E-state index in [1.807, 2.05) is 4.90 Å². The molecule has 0 unspecified atom stereocenters. The van der Waals surface area contributed by atoms with E-state index in [9.17, 15) is 4.39 Å². The summed E-state index contributed by atoms with van der Waals surface area (Å²) in [5.41, 5.74) is 6.53. The van der Waals surface area contributed by atoms with Gasteiger partial charge in [-0.05, 0) is 31.0 Å². The summed E-state index contributed by atoms with van der Waals surface area (Å²) in [7, 11) is 0. The molecule has 1 aliphatic rings. The Morgan fingerprint density at radius 2 is 2.06 bits per heavy atom. The summed E-state index contributed by atoms with van der Waals surface area (Å²) in [6, 6.07) is 5.10. The quantitative estimate of drug-likeness (QED) is 0.790. The van der Waals surface area contributed by atoms with Crippen molar-refractivity contribution in [2.45, 2.75) is 31.7 Å². The van der Waals surface area contributed by atoms with Crippen LogP contribution in [0.4, 0.5) is 15.8 Å². The van der Waals surface area contributed by atoms with Crippen molar-refractivity contribution >= 4 is 11.4 Å². The zero-order valence-corrected chi connectivity index (χ0v) is 9.90. The highest BCUT2D eigenvalue weighted by atomic mass is 19.1. The zero-order valence-electron chi connectivity index (χ0n) is 9.90. The van der Waals surface area contributed by atoms with Crippen LogP contribution in [0.15, 0.2) is 18.2 Å². The molecule has 3 N–H and O–H groups in total. The summed E-state index contributed by atoms with van der Waals surface area (Å²) in [5, 5.41) is 9.12. The molecule has 0 heterocycles. The maximum atomic E-state index is 13.9. The second-order valence-corrected chi connectivity index (χ2v) is 4.57. The molecule has 1 aromatic rings. The highest BCUT2D eigenvalue weighted by Crippen LogP contribution is 2.30. The van der Waals surface area contributed by atoms with Gasteiger partial charge < -0.3 is 15.7 Å². The van der Waals surface area contributed by atoms with E-state index in [1.54, 1.807) is 12.1 Å². The molecule has 0 amide bonds. The van der Waals surface area contributed by atoms with E-state index < -0.39 is 0 Å². The van der Waals surface area contributed by atoms with Crippen LogP contribution in [0.2, 0.25) is 0 Å². The predicted octanol–water partition coefficient (Wildman–Crippen LogP) is 2.15. The van der Waals surface area contributed by atoms with Crippen LogP contribution in [0.3, 0.4) is 0 Å². The van der Waals surface area contributed by atoms with Gasteiger partial charge in [0.2, 0.25) is 0 Å². The minimum absolute atomic E-state index is 0.0420. The zero-order chi connectivity index (χ0) is 12.3. The second kappa shape index (κ2) is 5.36. The number of aliphatic hydroxyl groups excluding tert-OH is 1. The molecular weight excluding hydrogens is 219 g/mol. The molecule has 1 aliphatic carbocycles. The predicted molar refractivity (Wildman–Crippen MR) is 67.5 cm³/mol. The Balaban J connectivity index is 2.24. The van der Waals surface area contributed by atoms with E-state index in [0.717, 1.165) is 12.8 Å². The molecule has 4 heteroatoms. The lowest BCUT2D eigenvalue weighted by molar-refractivity contribution is 0.296. The molecule has 3 nitrogen and oxygen atoms in total. The van der Waals surface area contributed by atoms with Gasteiger partial charge in [-0.3, -0.25) is 0 Å². The number of benzene rings is 1. The van der Waals surface area contributed by atoms with Crippen LogP contribution in [0.25, 0.3) is 0 Å². The normalized spacial score (nSPS) is 16.4. The Kier molecular flexibility index (Phi) is 3.84. The van der Waals surface area contributed by atoms with Crippen LogP contribution < -0.4 is 10.6 Å². The van der Waals surface area contributed by atoms with Gasteiger partial charge in [-0.1, -0.05) is 12.8 Å². The van der Waals surface area contributed by atoms with E-state index in [-0.39, 0.29) is 12.4 Å². The molecule has 1 aromatic carbocycles. The molecule has 0 atom stereocenters. The van der Waals surface area contributed by atoms with Crippen LogP contribution in [0.1, 0.15) is 25.7 Å². The fourth-order valence-corrected chi connectivity index (χ4v) is 2.58. The summed E-state index contributed by atoms with van der Waals surface area (Å²) >= 11 is 0. The molecule has 0 saturated heterocycles. The molecular formula is C13H19FN2O. The van der Waals surface area contributed by atoms with E-state index >= 15 is 0 Å². The third-order valence-corrected chi connectivity index (χ3v) is 3.39. The van der Waals surface area contributed by atoms with Crippen molar-refractivity contribution in [3.8, 4) is 0 Å². The highest BCUT2D eigenvalue weighted by molar-refractivity contribution is 5.55. The van der Waals surface area contributed by atoms with Crippen LogP contribution in [0, 0.1) is 5.82 Å². The first kappa shape index (κ1) is 12.2. The first-order valence-corrected chi connectivity index (χ1v) is 6.15. The Labute approximate surface area is 101 Å². The molecule has 1 fully saturated rings. The van der Waals surface area contributed by atoms with Crippen LogP contribution >= 0.6 is 0 Å². The maximum Gasteiger partial charge on any atom is 0.148 e. The summed E-state index contributed by atoms with van der Waals surface area (Å²) in [6.45, 7) is 0.520. The first-order chi connectivity index (χ1) is 8.22. The number of nitrogens with two attached hydrogens (primary N) is 1. The Hall–Kier alpha value is -1.29. The van der Waals surface area contributed by atoms with Crippen LogP contribution in [0.5, 0.6) is 0 Å². The topological polar surface area (TPSA) is 49.5 Å². The van der Waals surface area contributed by atoms with Crippen molar-refractivity contribution in [3.63, 3.8) is 0 Å². The standard InChI is InChI=1S/C13H19FN2O/c14-12-9-10(15)5-6-13(12)16(7-8-17)11-3-1-2-4-11/h5-6,9,11,17H,1-4,7-8,15H2. The number of aliphatic hydroxyl groups is 1. The van der Waals surface area contributed by atoms with E-state index in [4.69, 9.17) is 10.8 Å². The Bertz CT molecular complexity index is 378. The van der Waals surface area contributed by atoms with Gasteiger partial charge in [0, 0.05) is 18.3 Å². The Morgan fingerprint density at radius 3 is 2.65 bits per heavy atom. The van der Waals surface area contributed by atoms with Gasteiger partial charge in [-0.15, -0.1) is 0 Å². The van der Waals surface area contributed by atoms with Gasteiger partial charge in [0.15, 0.2) is 0 Å². The lowest BCUT2D eigenvalue weighted by Crippen LogP contribution is -2.36. The molecule has 2 rings (SSSR count). The maximum absolute atomic E-state index is 13.9. The van der Waals surface area contributed by atoms with Gasteiger partial charge >= 0.3 is 0 Å². The second-order valence-electron chi connectivity index (χ2n) is 4.57. The van der Waals surface area contributed by atoms with Crippen molar-refractivity contribution in [1.82, 2.24) is 0 Å². The van der Waals surface area contributed by atoms with Gasteiger partial charge in [0.05, 0.1) is 12.3 Å². The number of nitrogens with zero attached hydrogens (tertiary/aromatic N) is 1. The fraction of sp³-hybridized carbons (Fsp3) is 0.538.